The van der Waals surface area contributed by atoms with E-state index in [4.69, 9.17) is 4.74 Å². The molecular formula is C31H39N3O5S. The van der Waals surface area contributed by atoms with Gasteiger partial charge in [0.2, 0.25) is 21.8 Å². The van der Waals surface area contributed by atoms with Gasteiger partial charge in [-0.3, -0.25) is 13.9 Å². The molecule has 9 heteroatoms. The maximum absolute atomic E-state index is 13.8. The van der Waals surface area contributed by atoms with Gasteiger partial charge in [-0.1, -0.05) is 54.6 Å². The molecule has 0 unspecified atom stereocenters. The Kier molecular flexibility index (Phi) is 10.7. The Labute approximate surface area is 238 Å². The first-order valence-electron chi connectivity index (χ1n) is 13.3. The van der Waals surface area contributed by atoms with E-state index in [0.29, 0.717) is 24.3 Å². The molecule has 214 valence electrons. The number of nitrogens with one attached hydrogen (secondary N) is 1. The van der Waals surface area contributed by atoms with Crippen LogP contribution in [0.1, 0.15) is 35.1 Å². The minimum absolute atomic E-state index is 0.0726. The molecule has 3 aromatic rings. The fourth-order valence-electron chi connectivity index (χ4n) is 4.66. The van der Waals surface area contributed by atoms with Crippen molar-refractivity contribution in [3.63, 3.8) is 0 Å². The van der Waals surface area contributed by atoms with Crippen LogP contribution in [0.15, 0.2) is 72.8 Å². The monoisotopic (exact) mass is 565 g/mol. The summed E-state index contributed by atoms with van der Waals surface area (Å²) in [4.78, 5) is 28.5. The number of carbonyl (C=O) groups is 2. The SMILES string of the molecule is CNC(=O)[C@@H](Cc1ccccc1)N(Cc1cccc(OC)c1)C(=O)CCCN(c1cc(C)ccc1C)S(C)(=O)=O. The van der Waals surface area contributed by atoms with E-state index >= 15 is 0 Å². The number of methoxy groups -OCH3 is 1. The van der Waals surface area contributed by atoms with Crippen LogP contribution in [0, 0.1) is 13.8 Å². The van der Waals surface area contributed by atoms with Crippen molar-refractivity contribution in [2.45, 2.75) is 45.7 Å². The molecule has 0 heterocycles. The van der Waals surface area contributed by atoms with Crippen LogP contribution in [0.2, 0.25) is 0 Å². The van der Waals surface area contributed by atoms with E-state index in [0.717, 1.165) is 22.3 Å². The lowest BCUT2D eigenvalue weighted by molar-refractivity contribution is -0.141. The first kappa shape index (κ1) is 30.7. The largest absolute Gasteiger partial charge is 0.497 e. The fourth-order valence-corrected chi connectivity index (χ4v) is 5.67. The number of sulfonamides is 1. The van der Waals surface area contributed by atoms with Gasteiger partial charge < -0.3 is 15.0 Å². The highest BCUT2D eigenvalue weighted by Crippen LogP contribution is 2.25. The molecule has 0 saturated carbocycles. The normalized spacial score (nSPS) is 11.9. The average molecular weight is 566 g/mol. The smallest absolute Gasteiger partial charge is 0.242 e. The summed E-state index contributed by atoms with van der Waals surface area (Å²) in [6.07, 6.45) is 1.88. The summed E-state index contributed by atoms with van der Waals surface area (Å²) in [6.45, 7) is 4.12. The first-order chi connectivity index (χ1) is 19.0. The number of nitrogens with zero attached hydrogens (tertiary/aromatic N) is 2. The Bertz CT molecular complexity index is 1410. The van der Waals surface area contributed by atoms with Gasteiger partial charge in [-0.15, -0.1) is 0 Å². The Morgan fingerprint density at radius 1 is 0.950 bits per heavy atom. The number of carbonyl (C=O) groups excluding carboxylic acids is 2. The van der Waals surface area contributed by atoms with Gasteiger partial charge in [0.1, 0.15) is 11.8 Å². The highest BCUT2D eigenvalue weighted by Gasteiger charge is 2.30. The number of benzene rings is 3. The number of ether oxygens (including phenoxy) is 1. The third-order valence-electron chi connectivity index (χ3n) is 6.79. The molecule has 0 aromatic heterocycles. The van der Waals surface area contributed by atoms with Crippen LogP contribution in [-0.2, 0) is 32.6 Å². The van der Waals surface area contributed by atoms with Gasteiger partial charge in [-0.2, -0.15) is 0 Å². The molecule has 0 aliphatic rings. The van der Waals surface area contributed by atoms with Crippen LogP contribution in [0.3, 0.4) is 0 Å². The number of rotatable bonds is 13. The molecule has 1 N–H and O–H groups in total. The zero-order chi connectivity index (χ0) is 29.3. The number of aryl methyl sites for hydroxylation is 2. The molecule has 3 aromatic carbocycles. The van der Waals surface area contributed by atoms with Gasteiger partial charge in [0.15, 0.2) is 0 Å². The van der Waals surface area contributed by atoms with Crippen LogP contribution in [-0.4, -0.2) is 58.1 Å². The lowest BCUT2D eigenvalue weighted by atomic mass is 10.0. The van der Waals surface area contributed by atoms with Crippen molar-refractivity contribution in [1.29, 1.82) is 0 Å². The summed E-state index contributed by atoms with van der Waals surface area (Å²) in [5.41, 5.74) is 4.14. The quantitative estimate of drug-likeness (QED) is 0.334. The zero-order valence-corrected chi connectivity index (χ0v) is 24.7. The molecule has 40 heavy (non-hydrogen) atoms. The maximum atomic E-state index is 13.8. The molecule has 3 rings (SSSR count). The van der Waals surface area contributed by atoms with Gasteiger partial charge in [0, 0.05) is 33.0 Å². The molecular weight excluding hydrogens is 526 g/mol. The first-order valence-corrected chi connectivity index (χ1v) is 15.1. The number of amides is 2. The number of hydrogen-bond donors (Lipinski definition) is 1. The predicted molar refractivity (Wildman–Crippen MR) is 159 cm³/mol. The Balaban J connectivity index is 1.88. The molecule has 0 bridgehead atoms. The lowest BCUT2D eigenvalue weighted by Crippen LogP contribution is -2.49. The molecule has 0 radical (unpaired) electrons. The molecule has 0 fully saturated rings. The van der Waals surface area contributed by atoms with Crippen molar-refractivity contribution < 1.29 is 22.7 Å². The Morgan fingerprint density at radius 2 is 1.65 bits per heavy atom. The second-order valence-corrected chi connectivity index (χ2v) is 11.8. The zero-order valence-electron chi connectivity index (χ0n) is 23.9. The van der Waals surface area contributed by atoms with Crippen molar-refractivity contribution in [2.24, 2.45) is 0 Å². The Hall–Kier alpha value is -3.85. The van der Waals surface area contributed by atoms with E-state index in [1.807, 2.05) is 86.6 Å². The van der Waals surface area contributed by atoms with E-state index in [1.54, 1.807) is 19.1 Å². The fraction of sp³-hybridized carbons (Fsp3) is 0.355. The van der Waals surface area contributed by atoms with E-state index in [-0.39, 0.29) is 31.3 Å². The van der Waals surface area contributed by atoms with Gasteiger partial charge in [-0.05, 0) is 60.7 Å². The summed E-state index contributed by atoms with van der Waals surface area (Å²) in [6, 6.07) is 21.9. The molecule has 2 amide bonds. The maximum Gasteiger partial charge on any atom is 0.242 e. The summed E-state index contributed by atoms with van der Waals surface area (Å²) in [5, 5.41) is 2.71. The lowest BCUT2D eigenvalue weighted by Gasteiger charge is -2.32. The standard InChI is InChI=1S/C31H39N3O5S/c1-23-16-17-24(2)28(19-23)34(40(5,37)38)18-10-15-30(35)33(22-26-13-9-14-27(20-26)39-4)29(31(36)32-3)21-25-11-7-6-8-12-25/h6-9,11-14,16-17,19-20,29H,10,15,18,21-22H2,1-5H3,(H,32,36)/t29-/m1/s1. The van der Waals surface area contributed by atoms with E-state index in [9.17, 15) is 18.0 Å². The number of likely N-dealkylation sites (N-methyl/N-ethyl adjacent to an activating group) is 1. The molecule has 1 atom stereocenters. The van der Waals surface area contributed by atoms with Crippen molar-refractivity contribution in [3.8, 4) is 5.75 Å². The molecule has 0 aliphatic carbocycles. The second kappa shape index (κ2) is 14.0. The topological polar surface area (TPSA) is 96.0 Å². The minimum atomic E-state index is -3.58. The van der Waals surface area contributed by atoms with Crippen LogP contribution in [0.25, 0.3) is 0 Å². The van der Waals surface area contributed by atoms with Gasteiger partial charge >= 0.3 is 0 Å². The third-order valence-corrected chi connectivity index (χ3v) is 7.97. The molecule has 8 nitrogen and oxygen atoms in total. The summed E-state index contributed by atoms with van der Waals surface area (Å²) in [7, 11) is -0.440. The molecule has 0 saturated heterocycles. The second-order valence-electron chi connectivity index (χ2n) is 9.92. The number of hydrogen-bond acceptors (Lipinski definition) is 5. The highest BCUT2D eigenvalue weighted by molar-refractivity contribution is 7.92. The van der Waals surface area contributed by atoms with Gasteiger partial charge in [0.25, 0.3) is 0 Å². The summed E-state index contributed by atoms with van der Waals surface area (Å²) >= 11 is 0. The molecule has 0 aliphatic heterocycles. The minimum Gasteiger partial charge on any atom is -0.497 e. The number of anilines is 1. The van der Waals surface area contributed by atoms with Crippen molar-refractivity contribution in [1.82, 2.24) is 10.2 Å². The van der Waals surface area contributed by atoms with E-state index in [2.05, 4.69) is 5.32 Å². The summed E-state index contributed by atoms with van der Waals surface area (Å²) in [5.74, 6) is 0.150. The average Bonchev–Trinajstić information content (AvgIpc) is 2.94. The van der Waals surface area contributed by atoms with Crippen molar-refractivity contribution >= 4 is 27.5 Å². The summed E-state index contributed by atoms with van der Waals surface area (Å²) < 4.78 is 32.1. The third kappa shape index (κ3) is 8.32. The van der Waals surface area contributed by atoms with Crippen LogP contribution in [0.4, 0.5) is 5.69 Å². The molecule has 0 spiro atoms. The van der Waals surface area contributed by atoms with Gasteiger partial charge in [-0.25, -0.2) is 8.42 Å². The predicted octanol–water partition coefficient (Wildman–Crippen LogP) is 4.24. The van der Waals surface area contributed by atoms with Crippen molar-refractivity contribution in [3.05, 3.63) is 95.1 Å². The Morgan fingerprint density at radius 3 is 2.30 bits per heavy atom. The van der Waals surface area contributed by atoms with E-state index < -0.39 is 16.1 Å². The van der Waals surface area contributed by atoms with Crippen LogP contribution < -0.4 is 14.4 Å². The van der Waals surface area contributed by atoms with Gasteiger partial charge in [0.05, 0.1) is 19.1 Å². The van der Waals surface area contributed by atoms with Crippen LogP contribution >= 0.6 is 0 Å². The highest BCUT2D eigenvalue weighted by atomic mass is 32.2. The van der Waals surface area contributed by atoms with Crippen LogP contribution in [0.5, 0.6) is 5.75 Å². The van der Waals surface area contributed by atoms with E-state index in [1.165, 1.54) is 10.6 Å². The van der Waals surface area contributed by atoms with Crippen molar-refractivity contribution in [2.75, 3.05) is 31.3 Å².